The summed E-state index contributed by atoms with van der Waals surface area (Å²) in [6, 6.07) is 3.76. The van der Waals surface area contributed by atoms with E-state index in [0.29, 0.717) is 18.1 Å². The fourth-order valence-electron chi connectivity index (χ4n) is 2.67. The Labute approximate surface area is 140 Å². The molecular weight excluding hydrogens is 312 g/mol. The summed E-state index contributed by atoms with van der Waals surface area (Å²) in [4.78, 5) is 18.1. The van der Waals surface area contributed by atoms with Gasteiger partial charge in [-0.3, -0.25) is 9.19 Å². The predicted octanol–water partition coefficient (Wildman–Crippen LogP) is 3.12. The highest BCUT2D eigenvalue weighted by Gasteiger charge is 2.31. The van der Waals surface area contributed by atoms with Crippen LogP contribution >= 0.6 is 0 Å². The van der Waals surface area contributed by atoms with Gasteiger partial charge in [0.25, 0.3) is 0 Å². The van der Waals surface area contributed by atoms with Gasteiger partial charge in [-0.1, -0.05) is 0 Å². The topological polar surface area (TPSA) is 59.5 Å². The number of aromatic nitrogens is 1. The van der Waals surface area contributed by atoms with Crippen LogP contribution < -0.4 is 0 Å². The van der Waals surface area contributed by atoms with Gasteiger partial charge < -0.3 is 9.64 Å². The molecule has 5 nitrogen and oxygen atoms in total. The van der Waals surface area contributed by atoms with Crippen molar-refractivity contribution in [1.29, 1.82) is 0 Å². The molecule has 6 heteroatoms. The molecule has 128 valence electrons. The molecule has 1 aromatic heterocycles. The third kappa shape index (κ3) is 5.94. The van der Waals surface area contributed by atoms with Gasteiger partial charge in [0.05, 0.1) is 0 Å². The monoisotopic (exact) mass is 338 g/mol. The molecule has 0 N–H and O–H groups in total. The number of pyridine rings is 1. The molecule has 1 fully saturated rings. The number of ether oxygens (including phenoxy) is 1. The number of hydrogen-bond donors (Lipinski definition) is 0. The first-order valence-electron chi connectivity index (χ1n) is 8.08. The zero-order chi connectivity index (χ0) is 16.9. The first-order valence-corrected chi connectivity index (χ1v) is 9.57. The van der Waals surface area contributed by atoms with Gasteiger partial charge in [-0.25, -0.2) is 4.79 Å². The van der Waals surface area contributed by atoms with Crippen molar-refractivity contribution >= 4 is 16.9 Å². The zero-order valence-electron chi connectivity index (χ0n) is 14.2. The number of rotatable bonds is 4. The summed E-state index contributed by atoms with van der Waals surface area (Å²) in [6.07, 6.45) is 6.06. The van der Waals surface area contributed by atoms with Crippen LogP contribution in [-0.4, -0.2) is 44.1 Å². The van der Waals surface area contributed by atoms with E-state index in [1.165, 1.54) is 0 Å². The van der Waals surface area contributed by atoms with Crippen molar-refractivity contribution in [1.82, 2.24) is 9.88 Å². The molecule has 1 amide bonds. The smallest absolute Gasteiger partial charge is 0.410 e. The quantitative estimate of drug-likeness (QED) is 0.846. The summed E-state index contributed by atoms with van der Waals surface area (Å²) in [5.41, 5.74) is 0.507. The Hall–Kier alpha value is -1.43. The number of amides is 1. The van der Waals surface area contributed by atoms with Crippen molar-refractivity contribution < 1.29 is 13.7 Å². The molecule has 0 aliphatic carbocycles. The van der Waals surface area contributed by atoms with E-state index in [1.807, 2.05) is 32.9 Å². The van der Waals surface area contributed by atoms with E-state index < -0.39 is 16.4 Å². The van der Waals surface area contributed by atoms with E-state index in [-0.39, 0.29) is 12.1 Å². The number of piperidine rings is 1. The van der Waals surface area contributed by atoms with Crippen molar-refractivity contribution in [2.45, 2.75) is 57.4 Å². The summed E-state index contributed by atoms with van der Waals surface area (Å²) in [5, 5.41) is 0. The molecule has 1 saturated heterocycles. The molecule has 1 aliphatic heterocycles. The first-order chi connectivity index (χ1) is 10.8. The van der Waals surface area contributed by atoms with Crippen molar-refractivity contribution in [3.8, 4) is 0 Å². The van der Waals surface area contributed by atoms with Gasteiger partial charge in [-0.2, -0.15) is 0 Å². The standard InChI is InChI=1S/C17H26N2O3S/c1-17(2,3)22-16(20)19-11-5-4-6-15(19)13-23(21)12-14-7-9-18-10-8-14/h7-10,15H,4-6,11-13H2,1-3H3. The largest absolute Gasteiger partial charge is 0.444 e. The van der Waals surface area contributed by atoms with E-state index in [0.717, 1.165) is 24.8 Å². The lowest BCUT2D eigenvalue weighted by Crippen LogP contribution is -2.48. The van der Waals surface area contributed by atoms with Crippen LogP contribution in [0.4, 0.5) is 4.79 Å². The first kappa shape index (κ1) is 17.9. The second-order valence-corrected chi connectivity index (χ2v) is 8.43. The SMILES string of the molecule is CC(C)(C)OC(=O)N1CCCCC1CS(=O)Cc1ccncc1. The molecule has 1 aliphatic rings. The number of nitrogens with zero attached hydrogens (tertiary/aromatic N) is 2. The summed E-state index contributed by atoms with van der Waals surface area (Å²) in [5.74, 6) is 1.00. The predicted molar refractivity (Wildman–Crippen MR) is 91.5 cm³/mol. The lowest BCUT2D eigenvalue weighted by atomic mass is 10.0. The molecule has 1 aromatic rings. The van der Waals surface area contributed by atoms with Gasteiger partial charge in [0.15, 0.2) is 0 Å². The highest BCUT2D eigenvalue weighted by atomic mass is 32.2. The summed E-state index contributed by atoms with van der Waals surface area (Å²) in [7, 11) is -1.01. The Morgan fingerprint density at radius 1 is 1.35 bits per heavy atom. The van der Waals surface area contributed by atoms with Crippen molar-refractivity contribution in [2.75, 3.05) is 12.3 Å². The minimum atomic E-state index is -1.01. The molecule has 0 radical (unpaired) electrons. The van der Waals surface area contributed by atoms with E-state index in [9.17, 15) is 9.00 Å². The lowest BCUT2D eigenvalue weighted by molar-refractivity contribution is 0.0125. The number of carbonyl (C=O) groups excluding carboxylic acids is 1. The fraction of sp³-hybridized carbons (Fsp3) is 0.647. The van der Waals surface area contributed by atoms with E-state index in [1.54, 1.807) is 17.3 Å². The van der Waals surface area contributed by atoms with Gasteiger partial charge in [-0.05, 0) is 57.7 Å². The molecule has 0 aromatic carbocycles. The highest BCUT2D eigenvalue weighted by Crippen LogP contribution is 2.21. The molecule has 2 rings (SSSR count). The van der Waals surface area contributed by atoms with Gasteiger partial charge in [0, 0.05) is 47.3 Å². The van der Waals surface area contributed by atoms with E-state index >= 15 is 0 Å². The van der Waals surface area contributed by atoms with Crippen LogP contribution in [0.1, 0.15) is 45.6 Å². The van der Waals surface area contributed by atoms with Crippen molar-refractivity contribution in [3.05, 3.63) is 30.1 Å². The van der Waals surface area contributed by atoms with Crippen molar-refractivity contribution in [3.63, 3.8) is 0 Å². The van der Waals surface area contributed by atoms with Gasteiger partial charge >= 0.3 is 6.09 Å². The van der Waals surface area contributed by atoms with Crippen LogP contribution in [0.25, 0.3) is 0 Å². The maximum Gasteiger partial charge on any atom is 0.410 e. The van der Waals surface area contributed by atoms with Crippen LogP contribution in [0.2, 0.25) is 0 Å². The third-order valence-electron chi connectivity index (χ3n) is 3.71. The second kappa shape index (κ2) is 7.90. The van der Waals surface area contributed by atoms with Crippen LogP contribution in [-0.2, 0) is 21.3 Å². The van der Waals surface area contributed by atoms with Gasteiger partial charge in [-0.15, -0.1) is 0 Å². The van der Waals surface area contributed by atoms with Crippen LogP contribution in [0, 0.1) is 0 Å². The maximum absolute atomic E-state index is 12.4. The Balaban J connectivity index is 1.95. The Morgan fingerprint density at radius 2 is 2.04 bits per heavy atom. The minimum Gasteiger partial charge on any atom is -0.444 e. The normalized spacial score (nSPS) is 20.1. The maximum atomic E-state index is 12.4. The average molecular weight is 338 g/mol. The summed E-state index contributed by atoms with van der Waals surface area (Å²) >= 11 is 0. The third-order valence-corrected chi connectivity index (χ3v) is 5.12. The van der Waals surface area contributed by atoms with Crippen LogP contribution in [0.15, 0.2) is 24.5 Å². The molecule has 0 saturated carbocycles. The molecule has 2 unspecified atom stereocenters. The molecule has 2 heterocycles. The van der Waals surface area contributed by atoms with Crippen molar-refractivity contribution in [2.24, 2.45) is 0 Å². The number of likely N-dealkylation sites (tertiary alicyclic amines) is 1. The average Bonchev–Trinajstić information content (AvgIpc) is 2.47. The van der Waals surface area contributed by atoms with E-state index in [4.69, 9.17) is 4.74 Å². The van der Waals surface area contributed by atoms with Crippen LogP contribution in [0.3, 0.4) is 0 Å². The molecule has 23 heavy (non-hydrogen) atoms. The molecular formula is C17H26N2O3S. The van der Waals surface area contributed by atoms with Gasteiger partial charge in [0.1, 0.15) is 5.60 Å². The molecule has 0 bridgehead atoms. The number of hydrogen-bond acceptors (Lipinski definition) is 4. The highest BCUT2D eigenvalue weighted by molar-refractivity contribution is 7.84. The zero-order valence-corrected chi connectivity index (χ0v) is 15.0. The Kier molecular flexibility index (Phi) is 6.16. The molecule has 0 spiro atoms. The van der Waals surface area contributed by atoms with Crippen LogP contribution in [0.5, 0.6) is 0 Å². The Morgan fingerprint density at radius 3 is 2.70 bits per heavy atom. The van der Waals surface area contributed by atoms with Gasteiger partial charge in [0.2, 0.25) is 0 Å². The second-order valence-electron chi connectivity index (χ2n) is 6.93. The Bertz CT molecular complexity index is 543. The fourth-order valence-corrected chi connectivity index (χ4v) is 4.13. The lowest BCUT2D eigenvalue weighted by Gasteiger charge is -2.36. The summed E-state index contributed by atoms with van der Waals surface area (Å²) < 4.78 is 17.9. The summed E-state index contributed by atoms with van der Waals surface area (Å²) in [6.45, 7) is 6.29. The van der Waals surface area contributed by atoms with E-state index in [2.05, 4.69) is 4.98 Å². The molecule has 2 atom stereocenters. The number of carbonyl (C=O) groups is 1. The minimum absolute atomic E-state index is 0.00118.